The number of allylic oxidation sites excluding steroid dienone is 4. The molecule has 5 aliphatic rings. The summed E-state index contributed by atoms with van der Waals surface area (Å²) in [5.74, 6) is -0.0464. The van der Waals surface area contributed by atoms with E-state index in [1.807, 2.05) is 37.4 Å². The Morgan fingerprint density at radius 2 is 0.942 bits per heavy atom. The van der Waals surface area contributed by atoms with Crippen LogP contribution in [0.4, 0.5) is 34.1 Å². The van der Waals surface area contributed by atoms with Crippen LogP contribution in [0, 0.1) is 40.5 Å². The van der Waals surface area contributed by atoms with Crippen molar-refractivity contribution in [2.75, 3.05) is 91.5 Å². The molecule has 32 heteroatoms. The maximum Gasteiger partial charge on any atom is 0.274 e. The summed E-state index contributed by atoms with van der Waals surface area (Å²) >= 11 is 4.40. The number of aromatic hydroxyl groups is 3. The monoisotopic (exact) mass is 1730 g/mol. The molecule has 9 aromatic carbocycles. The van der Waals surface area contributed by atoms with Gasteiger partial charge < -0.3 is 68.9 Å². The van der Waals surface area contributed by atoms with E-state index >= 15 is 0 Å². The van der Waals surface area contributed by atoms with Crippen LogP contribution in [0.25, 0.3) is 18.2 Å². The number of carbonyl (C=O) groups excluding carboxylic acids is 2. The molecule has 0 bridgehead atoms. The average Bonchev–Trinajstić information content (AvgIpc) is 1.47. The molecule has 2 saturated heterocycles. The summed E-state index contributed by atoms with van der Waals surface area (Å²) in [5, 5.41) is 80.4. The SMILES string of the molecule is BrP(CC1OCCO1)(c1ccccc1)(c1ccccc1)c1ccccc1.C=C1N(C)c2ccccc2C1(C)C.CCO.COc1cc([N+](=O)[O-])cc(/C=C/C2OCCO2)c1O.COc1cc([N+](=O)[O-])cc(/C=C/C=O)c1O.COc1cc([N+](=O)[O-])cc(C=O)c1O.COc1cc([N+](=O)[O-])cc2c1OC1(/C=C\C=C/2)N(C)c2ccccc2C1(C)C.O. The van der Waals surface area contributed by atoms with Gasteiger partial charge >= 0.3 is 163 Å². The fraction of sp³-hybridized carbons (Fsp3) is 0.250. The number of anilines is 2. The molecule has 634 valence electrons. The molecule has 120 heavy (non-hydrogen) atoms. The summed E-state index contributed by atoms with van der Waals surface area (Å²) in [4.78, 5) is 65.7. The minimum atomic E-state index is -2.94. The molecule has 1 atom stereocenters. The van der Waals surface area contributed by atoms with E-state index in [1.165, 1.54) is 97.2 Å². The largest absolute Gasteiger partial charge is 0.504 e. The van der Waals surface area contributed by atoms with E-state index in [0.717, 1.165) is 48.3 Å². The smallest absolute Gasteiger partial charge is 0.274 e. The molecular formula is C88H96BrN6O24P. The van der Waals surface area contributed by atoms with Crippen LogP contribution in [-0.2, 0) is 34.6 Å². The van der Waals surface area contributed by atoms with Gasteiger partial charge in [-0.25, -0.2) is 0 Å². The first-order valence-electron chi connectivity index (χ1n) is 37.0. The van der Waals surface area contributed by atoms with E-state index < -0.39 is 42.8 Å². The Balaban J connectivity index is 0.000000201. The number of likely N-dealkylation sites (N-methyl/N-ethyl adjacent to an activating group) is 2. The molecular weight excluding hydrogens is 1640 g/mol. The van der Waals surface area contributed by atoms with E-state index in [2.05, 4.69) is 199 Å². The number of phenolic OH excluding ortho intramolecular Hbond substituents is 3. The molecule has 0 amide bonds. The predicted molar refractivity (Wildman–Crippen MR) is 466 cm³/mol. The molecule has 5 heterocycles. The average molecular weight is 1730 g/mol. The molecule has 0 saturated carbocycles. The van der Waals surface area contributed by atoms with Gasteiger partial charge in [0.05, 0.1) is 96.6 Å². The molecule has 5 aliphatic heterocycles. The van der Waals surface area contributed by atoms with Crippen LogP contribution in [0.15, 0.2) is 231 Å². The van der Waals surface area contributed by atoms with Crippen LogP contribution >= 0.6 is 20.8 Å². The topological polar surface area (TPSA) is 409 Å². The predicted octanol–water partition coefficient (Wildman–Crippen LogP) is 15.3. The van der Waals surface area contributed by atoms with Gasteiger partial charge in [0.2, 0.25) is 5.72 Å². The van der Waals surface area contributed by atoms with Gasteiger partial charge in [-0.1, -0.05) is 75.1 Å². The second-order valence-electron chi connectivity index (χ2n) is 27.7. The van der Waals surface area contributed by atoms with E-state index in [0.29, 0.717) is 56.1 Å². The normalized spacial score (nSPS) is 16.4. The molecule has 6 N–H and O–H groups in total. The van der Waals surface area contributed by atoms with Crippen LogP contribution in [0.2, 0.25) is 0 Å². The molecule has 1 spiro atoms. The molecule has 2 fully saturated rings. The van der Waals surface area contributed by atoms with E-state index in [4.69, 9.17) is 43.0 Å². The fourth-order valence-electron chi connectivity index (χ4n) is 13.8. The molecule has 0 radical (unpaired) electrons. The summed E-state index contributed by atoms with van der Waals surface area (Å²) in [5.41, 5.74) is 5.12. The maximum absolute atomic E-state index is 11.3. The van der Waals surface area contributed by atoms with Crippen LogP contribution < -0.4 is 49.4 Å². The van der Waals surface area contributed by atoms with Gasteiger partial charge in [-0.05, 0) is 74.4 Å². The molecule has 30 nitrogen and oxygen atoms in total. The number of nitro benzene ring substituents is 4. The second-order valence-corrected chi connectivity index (χ2v) is 36.6. The number of rotatable bonds is 18. The first-order chi connectivity index (χ1) is 56.8. The fourth-order valence-corrected chi connectivity index (χ4v) is 21.3. The number of fused-ring (bicyclic) bond motifs is 3. The molecule has 9 aromatic rings. The quantitative estimate of drug-likeness (QED) is 0.0204. The van der Waals surface area contributed by atoms with Crippen molar-refractivity contribution in [3.8, 4) is 46.0 Å². The van der Waals surface area contributed by atoms with Crippen LogP contribution in [0.1, 0.15) is 72.8 Å². The maximum atomic E-state index is 11.3. The number of aldehydes is 2. The number of aliphatic hydroxyl groups excluding tert-OH is 1. The number of hydrogen-bond donors (Lipinski definition) is 4. The van der Waals surface area contributed by atoms with E-state index in [1.54, 1.807) is 19.1 Å². The number of ether oxygens (including phenoxy) is 9. The van der Waals surface area contributed by atoms with Gasteiger partial charge in [-0.2, -0.15) is 0 Å². The van der Waals surface area contributed by atoms with Crippen molar-refractivity contribution in [2.24, 2.45) is 0 Å². The minimum absolute atomic E-state index is 0. The van der Waals surface area contributed by atoms with Crippen molar-refractivity contribution in [3.05, 3.63) is 305 Å². The number of carbonyl (C=O) groups is 2. The minimum Gasteiger partial charge on any atom is -0.504 e. The number of halogens is 1. The first-order valence-corrected chi connectivity index (χ1v) is 41.4. The summed E-state index contributed by atoms with van der Waals surface area (Å²) in [6.07, 6.45) is 14.0. The third-order valence-corrected chi connectivity index (χ3v) is 29.7. The van der Waals surface area contributed by atoms with Crippen LogP contribution in [0.5, 0.6) is 46.0 Å². The number of para-hydroxylation sites is 2. The van der Waals surface area contributed by atoms with Crippen molar-refractivity contribution < 1.29 is 97.8 Å². The Hall–Kier alpha value is -12.7. The second kappa shape index (κ2) is 42.1. The third kappa shape index (κ3) is 20.9. The van der Waals surface area contributed by atoms with Crippen molar-refractivity contribution in [1.29, 1.82) is 0 Å². The van der Waals surface area contributed by atoms with Crippen molar-refractivity contribution in [3.63, 3.8) is 0 Å². The zero-order valence-corrected chi connectivity index (χ0v) is 70.3. The number of nitrogens with zero attached hydrogens (tertiary/aromatic N) is 6. The van der Waals surface area contributed by atoms with Crippen molar-refractivity contribution in [1.82, 2.24) is 0 Å². The number of methoxy groups -OCH3 is 4. The summed E-state index contributed by atoms with van der Waals surface area (Å²) in [6, 6.07) is 58.5. The standard InChI is InChI=1S/C22H22BrO2P.C22H22N2O4.C12H13NO6.C12H15N.C10H9NO5.C8H7NO5.C2H6O.H2O/c23-26(18-22-24-16-17-25-22,19-10-4-1-5-11-19,20-12-6-2-7-13-20)21-14-8-3-9-15-21;1-21(2)17-10-5-6-11-18(17)23(3)22(21)12-8-7-9-15-13-16(24(25)26)14-19(27-4)20(15)28-22;1-17-10-7-9(13(15)16)6-8(12(10)14)2-3-11-18-4-5-19-11;1-9-12(2,3)10-7-5-6-8-11(10)13(9)4;1-16-9-6-8(11(14)15)5-7(10(9)13)3-2-4-12;1-14-7-3-6(9(12)13)2-5(4-10)8(7)11;1-2-3;/h1-15,22H,16-18H2;5-14H,1-4H3;2-3,6-7,11,14H,4-5H2,1H3;5-8H,1H2,2-4H3;2-6,13H,1H3;2-4,11H,1H3;3H,2H2,1H3;1H2/b;9-7-,12-8-;3-2+;;3-2+;;;. The Labute approximate surface area is 701 Å². The molecule has 14 rings (SSSR count). The van der Waals surface area contributed by atoms with Gasteiger partial charge in [-0.3, -0.25) is 50.0 Å². The van der Waals surface area contributed by atoms with Crippen molar-refractivity contribution in [2.45, 2.75) is 63.8 Å². The summed E-state index contributed by atoms with van der Waals surface area (Å²) in [7, 11) is 9.43. The number of non-ortho nitro benzene ring substituents is 4. The third-order valence-electron chi connectivity index (χ3n) is 20.1. The van der Waals surface area contributed by atoms with Gasteiger partial charge in [0.25, 0.3) is 22.7 Å². The van der Waals surface area contributed by atoms with Gasteiger partial charge in [-0.15, -0.1) is 0 Å². The molecule has 0 aliphatic carbocycles. The van der Waals surface area contributed by atoms with Crippen molar-refractivity contribution >= 4 is 102 Å². The number of benzene rings is 9. The summed E-state index contributed by atoms with van der Waals surface area (Å²) in [6.45, 7) is 17.1. The number of hydrogen-bond acceptors (Lipinski definition) is 25. The van der Waals surface area contributed by atoms with Crippen LogP contribution in [-0.4, -0.2) is 158 Å². The van der Waals surface area contributed by atoms with Gasteiger partial charge in [0, 0.05) is 84.1 Å². The Morgan fingerprint density at radius 1 is 0.550 bits per heavy atom. The zero-order valence-electron chi connectivity index (χ0n) is 67.8. The molecule has 1 unspecified atom stereocenters. The number of nitro groups is 4. The van der Waals surface area contributed by atoms with E-state index in [9.17, 15) is 65.4 Å². The molecule has 0 aromatic heterocycles. The Kier molecular flexibility index (Phi) is 33.1. The van der Waals surface area contributed by atoms with Gasteiger partial charge in [0.1, 0.15) is 6.29 Å². The first kappa shape index (κ1) is 94.4. The van der Waals surface area contributed by atoms with Gasteiger partial charge in [0.15, 0.2) is 58.6 Å². The number of phenols is 3. The Morgan fingerprint density at radius 3 is 1.37 bits per heavy atom. The summed E-state index contributed by atoms with van der Waals surface area (Å²) < 4.78 is 48.7. The zero-order chi connectivity index (χ0) is 87.0. The number of aliphatic hydroxyl groups is 1. The van der Waals surface area contributed by atoms with Crippen LogP contribution in [0.3, 0.4) is 0 Å². The van der Waals surface area contributed by atoms with E-state index in [-0.39, 0.29) is 97.4 Å². The Bertz CT molecular complexity index is 5140.